The summed E-state index contributed by atoms with van der Waals surface area (Å²) < 4.78 is 5.14. The molecule has 1 saturated heterocycles. The Labute approximate surface area is 108 Å². The fraction of sp³-hybridized carbons (Fsp3) is 0.500. The van der Waals surface area contributed by atoms with Gasteiger partial charge in [-0.2, -0.15) is 0 Å². The summed E-state index contributed by atoms with van der Waals surface area (Å²) in [4.78, 5) is 11.8. The van der Waals surface area contributed by atoms with Crippen LogP contribution in [0.25, 0.3) is 0 Å². The fourth-order valence-corrected chi connectivity index (χ4v) is 2.18. The third-order valence-electron chi connectivity index (χ3n) is 3.25. The molecule has 0 aliphatic carbocycles. The summed E-state index contributed by atoms with van der Waals surface area (Å²) in [5.41, 5.74) is 0.983. The highest BCUT2D eigenvalue weighted by molar-refractivity contribution is 5.78. The van der Waals surface area contributed by atoms with E-state index >= 15 is 0 Å². The van der Waals surface area contributed by atoms with Crippen LogP contribution < -0.4 is 15.4 Å². The molecule has 2 N–H and O–H groups in total. The highest BCUT2D eigenvalue weighted by Gasteiger charge is 2.15. The predicted octanol–water partition coefficient (Wildman–Crippen LogP) is 0.963. The Morgan fingerprint density at radius 1 is 1.56 bits per heavy atom. The van der Waals surface area contributed by atoms with Crippen LogP contribution in [0, 0.1) is 5.92 Å². The van der Waals surface area contributed by atoms with Crippen LogP contribution in [-0.2, 0) is 11.2 Å². The lowest BCUT2D eigenvalue weighted by atomic mass is 10.1. The Morgan fingerprint density at radius 2 is 2.44 bits per heavy atom. The van der Waals surface area contributed by atoms with Crippen LogP contribution in [0.15, 0.2) is 24.3 Å². The monoisotopic (exact) mass is 248 g/mol. The van der Waals surface area contributed by atoms with Gasteiger partial charge in [-0.1, -0.05) is 12.1 Å². The Morgan fingerprint density at radius 3 is 3.17 bits per heavy atom. The molecule has 0 bridgehead atoms. The zero-order chi connectivity index (χ0) is 12.8. The molecule has 1 aromatic rings. The number of benzene rings is 1. The van der Waals surface area contributed by atoms with Gasteiger partial charge in [0.25, 0.3) is 0 Å². The minimum absolute atomic E-state index is 0.0788. The molecule has 1 heterocycles. The molecule has 1 atom stereocenters. The topological polar surface area (TPSA) is 50.4 Å². The van der Waals surface area contributed by atoms with Gasteiger partial charge >= 0.3 is 0 Å². The van der Waals surface area contributed by atoms with Crippen molar-refractivity contribution in [1.29, 1.82) is 0 Å². The van der Waals surface area contributed by atoms with E-state index < -0.39 is 0 Å². The summed E-state index contributed by atoms with van der Waals surface area (Å²) in [5, 5.41) is 6.28. The van der Waals surface area contributed by atoms with Crippen LogP contribution in [0.4, 0.5) is 0 Å². The van der Waals surface area contributed by atoms with E-state index in [0.717, 1.165) is 37.4 Å². The van der Waals surface area contributed by atoms with Gasteiger partial charge in [-0.25, -0.2) is 0 Å². The van der Waals surface area contributed by atoms with Crippen LogP contribution in [0.2, 0.25) is 0 Å². The molecule has 4 heteroatoms. The van der Waals surface area contributed by atoms with Gasteiger partial charge in [-0.3, -0.25) is 4.79 Å². The third-order valence-corrected chi connectivity index (χ3v) is 3.25. The number of hydrogen-bond donors (Lipinski definition) is 2. The smallest absolute Gasteiger partial charge is 0.224 e. The van der Waals surface area contributed by atoms with Crippen molar-refractivity contribution < 1.29 is 9.53 Å². The van der Waals surface area contributed by atoms with Gasteiger partial charge in [0.15, 0.2) is 0 Å². The van der Waals surface area contributed by atoms with E-state index in [1.807, 2.05) is 24.3 Å². The van der Waals surface area contributed by atoms with Gasteiger partial charge in [0.05, 0.1) is 13.5 Å². The fourth-order valence-electron chi connectivity index (χ4n) is 2.18. The second kappa shape index (κ2) is 6.40. The molecule has 0 aromatic heterocycles. The van der Waals surface area contributed by atoms with Crippen molar-refractivity contribution >= 4 is 5.91 Å². The van der Waals surface area contributed by atoms with E-state index in [9.17, 15) is 4.79 Å². The maximum atomic E-state index is 11.8. The number of ether oxygens (including phenoxy) is 1. The van der Waals surface area contributed by atoms with Crippen molar-refractivity contribution in [1.82, 2.24) is 10.6 Å². The predicted molar refractivity (Wildman–Crippen MR) is 70.7 cm³/mol. The Bertz CT molecular complexity index is 401. The lowest BCUT2D eigenvalue weighted by Crippen LogP contribution is -2.31. The van der Waals surface area contributed by atoms with Crippen LogP contribution in [0.5, 0.6) is 5.75 Å². The van der Waals surface area contributed by atoms with Gasteiger partial charge in [-0.15, -0.1) is 0 Å². The van der Waals surface area contributed by atoms with Gasteiger partial charge < -0.3 is 15.4 Å². The zero-order valence-corrected chi connectivity index (χ0v) is 10.7. The highest BCUT2D eigenvalue weighted by atomic mass is 16.5. The van der Waals surface area contributed by atoms with Crippen LogP contribution in [-0.4, -0.2) is 32.7 Å². The number of amides is 1. The molecular formula is C14H20N2O2. The molecule has 1 amide bonds. The minimum Gasteiger partial charge on any atom is -0.497 e. The first-order valence-electron chi connectivity index (χ1n) is 6.38. The number of methoxy groups -OCH3 is 1. The van der Waals surface area contributed by atoms with Crippen LogP contribution in [0.1, 0.15) is 12.0 Å². The van der Waals surface area contributed by atoms with E-state index in [-0.39, 0.29) is 5.91 Å². The lowest BCUT2D eigenvalue weighted by molar-refractivity contribution is -0.120. The normalized spacial score (nSPS) is 18.6. The quantitative estimate of drug-likeness (QED) is 0.816. The summed E-state index contributed by atoms with van der Waals surface area (Å²) in [6.07, 6.45) is 1.57. The van der Waals surface area contributed by atoms with Crippen molar-refractivity contribution in [2.45, 2.75) is 12.8 Å². The molecule has 1 unspecified atom stereocenters. The molecule has 2 rings (SSSR count). The first-order valence-corrected chi connectivity index (χ1v) is 6.38. The van der Waals surface area contributed by atoms with Crippen LogP contribution in [0.3, 0.4) is 0 Å². The standard InChI is InChI=1S/C14H20N2O2/c1-18-13-4-2-3-11(7-13)8-14(17)16-10-12-5-6-15-9-12/h2-4,7,12,15H,5-6,8-10H2,1H3,(H,16,17). The van der Waals surface area contributed by atoms with Crippen molar-refractivity contribution in [2.75, 3.05) is 26.7 Å². The van der Waals surface area contributed by atoms with E-state index in [4.69, 9.17) is 4.74 Å². The maximum Gasteiger partial charge on any atom is 0.224 e. The molecule has 4 nitrogen and oxygen atoms in total. The molecule has 1 aromatic carbocycles. The number of rotatable bonds is 5. The largest absolute Gasteiger partial charge is 0.497 e. The Balaban J connectivity index is 1.78. The van der Waals surface area contributed by atoms with Gasteiger partial charge in [-0.05, 0) is 43.1 Å². The maximum absolute atomic E-state index is 11.8. The van der Waals surface area contributed by atoms with Gasteiger partial charge in [0.1, 0.15) is 5.75 Å². The molecular weight excluding hydrogens is 228 g/mol. The Hall–Kier alpha value is -1.55. The summed E-state index contributed by atoms with van der Waals surface area (Å²) in [6.45, 7) is 2.85. The van der Waals surface area contributed by atoms with Crippen LogP contribution >= 0.6 is 0 Å². The SMILES string of the molecule is COc1cccc(CC(=O)NCC2CCNC2)c1. The van der Waals surface area contributed by atoms with E-state index in [0.29, 0.717) is 12.3 Å². The minimum atomic E-state index is 0.0788. The van der Waals surface area contributed by atoms with Crippen molar-refractivity contribution in [3.8, 4) is 5.75 Å². The number of carbonyl (C=O) groups is 1. The first-order chi connectivity index (χ1) is 8.78. The third kappa shape index (κ3) is 3.74. The van der Waals surface area contributed by atoms with E-state index in [1.54, 1.807) is 7.11 Å². The molecule has 0 radical (unpaired) electrons. The van der Waals surface area contributed by atoms with E-state index in [1.165, 1.54) is 0 Å². The zero-order valence-electron chi connectivity index (χ0n) is 10.7. The first kappa shape index (κ1) is 12.9. The Kier molecular flexibility index (Phi) is 4.59. The number of hydrogen-bond acceptors (Lipinski definition) is 3. The molecule has 98 valence electrons. The van der Waals surface area contributed by atoms with Gasteiger partial charge in [0.2, 0.25) is 5.91 Å². The van der Waals surface area contributed by atoms with Crippen molar-refractivity contribution in [3.63, 3.8) is 0 Å². The summed E-state index contributed by atoms with van der Waals surface area (Å²) in [6, 6.07) is 7.63. The summed E-state index contributed by atoms with van der Waals surface area (Å²) >= 11 is 0. The molecule has 1 fully saturated rings. The molecule has 18 heavy (non-hydrogen) atoms. The van der Waals surface area contributed by atoms with Crippen molar-refractivity contribution in [3.05, 3.63) is 29.8 Å². The summed E-state index contributed by atoms with van der Waals surface area (Å²) in [5.74, 6) is 1.45. The lowest BCUT2D eigenvalue weighted by Gasteiger charge is -2.10. The van der Waals surface area contributed by atoms with Crippen molar-refractivity contribution in [2.24, 2.45) is 5.92 Å². The molecule has 0 saturated carbocycles. The molecule has 0 spiro atoms. The number of nitrogens with one attached hydrogen (secondary N) is 2. The highest BCUT2D eigenvalue weighted by Crippen LogP contribution is 2.13. The second-order valence-corrected chi connectivity index (χ2v) is 4.69. The van der Waals surface area contributed by atoms with E-state index in [2.05, 4.69) is 10.6 Å². The molecule has 1 aliphatic rings. The van der Waals surface area contributed by atoms with Gasteiger partial charge in [0, 0.05) is 6.54 Å². The average Bonchev–Trinajstić information content (AvgIpc) is 2.90. The number of carbonyl (C=O) groups excluding carboxylic acids is 1. The average molecular weight is 248 g/mol. The summed E-state index contributed by atoms with van der Waals surface area (Å²) in [7, 11) is 1.63. The molecule has 1 aliphatic heterocycles. The second-order valence-electron chi connectivity index (χ2n) is 4.69.